The number of hydrogen-bond acceptors (Lipinski definition) is 11. The number of pyridine rings is 1. The van der Waals surface area contributed by atoms with E-state index in [-0.39, 0.29) is 44.2 Å². The minimum Gasteiger partial charge on any atom is -0.609 e. The zero-order valence-electron chi connectivity index (χ0n) is 27.2. The highest BCUT2D eigenvalue weighted by atomic mass is 32.2. The Bertz CT molecular complexity index is 2300. The van der Waals surface area contributed by atoms with E-state index >= 15 is 0 Å². The van der Waals surface area contributed by atoms with E-state index in [4.69, 9.17) is 14.2 Å². The highest BCUT2D eigenvalue weighted by molar-refractivity contribution is 7.93. The third-order valence-electron chi connectivity index (χ3n) is 7.51. The van der Waals surface area contributed by atoms with E-state index in [1.54, 1.807) is 25.1 Å². The molecule has 0 bridgehead atoms. The van der Waals surface area contributed by atoms with Crippen molar-refractivity contribution >= 4 is 48.0 Å². The number of benzene rings is 3. The highest BCUT2D eigenvalue weighted by Crippen LogP contribution is 2.32. The van der Waals surface area contributed by atoms with Gasteiger partial charge in [0.05, 0.1) is 39.4 Å². The van der Waals surface area contributed by atoms with Crippen LogP contribution in [0.1, 0.15) is 27.2 Å². The monoisotopic (exact) mass is 765 g/mol. The molecule has 0 radical (unpaired) electrons. The number of sulfone groups is 1. The van der Waals surface area contributed by atoms with E-state index in [9.17, 15) is 39.4 Å². The number of imidazole rings is 1. The third kappa shape index (κ3) is 8.46. The van der Waals surface area contributed by atoms with Gasteiger partial charge in [0, 0.05) is 22.9 Å². The van der Waals surface area contributed by atoms with Gasteiger partial charge in [-0.2, -0.15) is 22.1 Å². The first kappa shape index (κ1) is 37.6. The van der Waals surface area contributed by atoms with Crippen LogP contribution in [0.3, 0.4) is 0 Å². The first-order valence-electron chi connectivity index (χ1n) is 14.9. The van der Waals surface area contributed by atoms with Crippen LogP contribution in [0.2, 0.25) is 0 Å². The van der Waals surface area contributed by atoms with Crippen LogP contribution in [-0.2, 0) is 41.5 Å². The number of esters is 1. The van der Waals surface area contributed by atoms with Gasteiger partial charge >= 0.3 is 17.3 Å². The average molecular weight is 766 g/mol. The van der Waals surface area contributed by atoms with Gasteiger partial charge in [-0.3, -0.25) is 4.98 Å². The molecule has 0 aliphatic carbocycles. The second-order valence-electron chi connectivity index (χ2n) is 11.1. The lowest BCUT2D eigenvalue weighted by atomic mass is 10.2. The first-order chi connectivity index (χ1) is 24.0. The molecule has 0 amide bonds. The molecule has 0 spiro atoms. The van der Waals surface area contributed by atoms with Crippen molar-refractivity contribution in [2.45, 2.75) is 40.7 Å². The van der Waals surface area contributed by atoms with E-state index < -0.39 is 78.0 Å². The Labute approximate surface area is 294 Å². The van der Waals surface area contributed by atoms with E-state index in [1.165, 1.54) is 62.7 Å². The molecule has 1 atom stereocenters. The molecule has 18 heteroatoms. The molecule has 0 N–H and O–H groups in total. The Kier molecular flexibility index (Phi) is 11.0. The molecule has 3 aromatic carbocycles. The summed E-state index contributed by atoms with van der Waals surface area (Å²) in [5, 5.41) is -0.416. The summed E-state index contributed by atoms with van der Waals surface area (Å²) < 4.78 is 122. The van der Waals surface area contributed by atoms with E-state index in [1.807, 2.05) is 0 Å². The van der Waals surface area contributed by atoms with Crippen LogP contribution >= 0.6 is 0 Å². The van der Waals surface area contributed by atoms with Crippen LogP contribution < -0.4 is 9.47 Å². The Hall–Kier alpha value is -4.65. The summed E-state index contributed by atoms with van der Waals surface area (Å²) in [7, 11) is -7.23. The normalized spacial score (nSPS) is 12.8. The number of aromatic nitrogens is 3. The fourth-order valence-electron chi connectivity index (χ4n) is 4.86. The number of para-hydroxylation sites is 2. The maximum atomic E-state index is 14.3. The number of aryl methyl sites for hydroxylation is 1. The number of ether oxygens (including phenoxy) is 3. The molecule has 5 rings (SSSR count). The van der Waals surface area contributed by atoms with Gasteiger partial charge in [-0.05, 0) is 62.4 Å². The van der Waals surface area contributed by atoms with Gasteiger partial charge in [-0.15, -0.1) is 0 Å². The second kappa shape index (κ2) is 14.9. The van der Waals surface area contributed by atoms with Crippen molar-refractivity contribution < 1.29 is 53.6 Å². The topological polar surface area (TPSA) is 167 Å². The summed E-state index contributed by atoms with van der Waals surface area (Å²) in [5.74, 6) is -2.23. The van der Waals surface area contributed by atoms with Gasteiger partial charge in [0.25, 0.3) is 10.0 Å². The number of carbonyl (C=O) groups excluding carboxylic acids is 1. The standard InChI is InChI=1S/C33H30F3N3O9S3/c1-21-8-10-23(11-9-21)50(42,43)17-16-47-31(40)25-18-24(12-13-30(25)46-3)51(44,45)39-28-7-5-4-6-26(28)38-32(39)49(41)19-27-22(2)29(14-15-37-27)48-20-33(34,35)36/h4-15,18H,16-17,19-20H2,1-3H3. The molecule has 2 heterocycles. The molecule has 2 aromatic heterocycles. The number of hydrogen-bond donors (Lipinski definition) is 0. The van der Waals surface area contributed by atoms with Crippen molar-refractivity contribution in [3.05, 3.63) is 101 Å². The number of alkyl halides is 3. The van der Waals surface area contributed by atoms with E-state index in [0.717, 1.165) is 21.7 Å². The van der Waals surface area contributed by atoms with Crippen molar-refractivity contribution in [2.75, 3.05) is 26.1 Å². The van der Waals surface area contributed by atoms with Crippen molar-refractivity contribution in [1.29, 1.82) is 0 Å². The van der Waals surface area contributed by atoms with Crippen LogP contribution in [0.5, 0.6) is 11.5 Å². The number of methoxy groups -OCH3 is 1. The maximum absolute atomic E-state index is 14.3. The smallest absolute Gasteiger partial charge is 0.422 e. The van der Waals surface area contributed by atoms with Crippen molar-refractivity contribution in [1.82, 2.24) is 13.9 Å². The number of nitrogens with zero attached hydrogens (tertiary/aromatic N) is 3. The van der Waals surface area contributed by atoms with Crippen molar-refractivity contribution in [3.8, 4) is 11.5 Å². The summed E-state index contributed by atoms with van der Waals surface area (Å²) in [5.41, 5.74) is 1.01. The van der Waals surface area contributed by atoms with Crippen LogP contribution in [-0.4, -0.2) is 73.6 Å². The summed E-state index contributed by atoms with van der Waals surface area (Å²) in [6, 6.07) is 16.8. The van der Waals surface area contributed by atoms with Crippen LogP contribution in [0.4, 0.5) is 13.2 Å². The van der Waals surface area contributed by atoms with Gasteiger partial charge < -0.3 is 18.8 Å². The van der Waals surface area contributed by atoms with Crippen molar-refractivity contribution in [2.24, 2.45) is 0 Å². The van der Waals surface area contributed by atoms with Gasteiger partial charge in [0.2, 0.25) is 0 Å². The average Bonchev–Trinajstić information content (AvgIpc) is 3.49. The Balaban J connectivity index is 1.45. The Morgan fingerprint density at radius 3 is 2.31 bits per heavy atom. The quantitative estimate of drug-likeness (QED) is 0.115. The van der Waals surface area contributed by atoms with Gasteiger partial charge in [-0.25, -0.2) is 21.6 Å². The Morgan fingerprint density at radius 2 is 1.63 bits per heavy atom. The van der Waals surface area contributed by atoms with Crippen LogP contribution in [0, 0.1) is 13.8 Å². The maximum Gasteiger partial charge on any atom is 0.422 e. The molecule has 0 aliphatic heterocycles. The first-order valence-corrected chi connectivity index (χ1v) is 19.3. The molecule has 270 valence electrons. The molecular weight excluding hydrogens is 736 g/mol. The summed E-state index contributed by atoms with van der Waals surface area (Å²) >= 11 is -2.23. The highest BCUT2D eigenvalue weighted by Gasteiger charge is 2.34. The minimum absolute atomic E-state index is 0.0454. The minimum atomic E-state index is -4.67. The number of carbonyl (C=O) groups is 1. The van der Waals surface area contributed by atoms with E-state index in [2.05, 4.69) is 9.97 Å². The van der Waals surface area contributed by atoms with Gasteiger partial charge in [0.15, 0.2) is 22.2 Å². The number of rotatable bonds is 13. The summed E-state index contributed by atoms with van der Waals surface area (Å²) in [4.78, 5) is 21.2. The van der Waals surface area contributed by atoms with Gasteiger partial charge in [-0.1, -0.05) is 29.8 Å². The lowest BCUT2D eigenvalue weighted by molar-refractivity contribution is -0.153. The molecule has 51 heavy (non-hydrogen) atoms. The summed E-state index contributed by atoms with van der Waals surface area (Å²) in [6.07, 6.45) is -3.42. The van der Waals surface area contributed by atoms with Crippen LogP contribution in [0.15, 0.2) is 93.9 Å². The van der Waals surface area contributed by atoms with E-state index in [0.29, 0.717) is 0 Å². The fraction of sp³-hybridized carbons (Fsp3) is 0.242. The summed E-state index contributed by atoms with van der Waals surface area (Å²) in [6.45, 7) is 1.14. The molecule has 0 saturated carbocycles. The molecule has 1 unspecified atom stereocenters. The zero-order chi connectivity index (χ0) is 37.1. The fourth-order valence-corrected chi connectivity index (χ4v) is 9.03. The van der Waals surface area contributed by atoms with Crippen LogP contribution in [0.25, 0.3) is 11.0 Å². The molecule has 12 nitrogen and oxygen atoms in total. The second-order valence-corrected chi connectivity index (χ2v) is 16.3. The molecule has 0 saturated heterocycles. The zero-order valence-corrected chi connectivity index (χ0v) is 29.7. The lowest BCUT2D eigenvalue weighted by Gasteiger charge is -2.16. The molecule has 5 aromatic rings. The lowest BCUT2D eigenvalue weighted by Crippen LogP contribution is -2.22. The molecule has 0 aliphatic rings. The van der Waals surface area contributed by atoms with Gasteiger partial charge in [0.1, 0.15) is 23.7 Å². The van der Waals surface area contributed by atoms with Crippen molar-refractivity contribution in [3.63, 3.8) is 0 Å². The molecule has 0 fully saturated rings. The largest absolute Gasteiger partial charge is 0.609 e. The Morgan fingerprint density at radius 1 is 0.941 bits per heavy atom. The number of halogens is 3. The predicted molar refractivity (Wildman–Crippen MR) is 179 cm³/mol. The predicted octanol–water partition coefficient (Wildman–Crippen LogP) is 5.17. The SMILES string of the molecule is COc1ccc(S(=O)(=O)n2c([S+]([O-])Cc3nccc(OCC(F)(F)F)c3C)nc3ccccc32)cc1C(=O)OCCS(=O)(=O)c1ccc(C)cc1. The number of fused-ring (bicyclic) bond motifs is 1. The molecular formula is C33H30F3N3O9S3. The third-order valence-corrected chi connectivity index (χ3v) is 12.2.